The number of methoxy groups -OCH3 is 1. The summed E-state index contributed by atoms with van der Waals surface area (Å²) >= 11 is 0. The zero-order valence-corrected chi connectivity index (χ0v) is 12.2. The number of ether oxygens (including phenoxy) is 1. The number of halogens is 1. The number of rotatable bonds is 4. The van der Waals surface area contributed by atoms with Gasteiger partial charge in [-0.2, -0.15) is 0 Å². The van der Waals surface area contributed by atoms with Crippen molar-refractivity contribution in [3.63, 3.8) is 0 Å². The van der Waals surface area contributed by atoms with Crippen LogP contribution in [0.25, 0.3) is 0 Å². The van der Waals surface area contributed by atoms with Gasteiger partial charge in [0.05, 0.1) is 13.2 Å². The number of H-pyrrole nitrogens is 1. The lowest BCUT2D eigenvalue weighted by Crippen LogP contribution is -2.33. The molecular formula is C16H20FN3O. The first-order chi connectivity index (χ1) is 10.3. The third kappa shape index (κ3) is 2.93. The van der Waals surface area contributed by atoms with Gasteiger partial charge in [-0.3, -0.25) is 4.90 Å². The highest BCUT2D eigenvalue weighted by Gasteiger charge is 2.26. The van der Waals surface area contributed by atoms with Crippen molar-refractivity contribution in [1.29, 1.82) is 0 Å². The molecule has 1 aromatic carbocycles. The van der Waals surface area contributed by atoms with Crippen LogP contribution in [0.3, 0.4) is 0 Å². The first-order valence-electron chi connectivity index (χ1n) is 7.34. The zero-order chi connectivity index (χ0) is 14.7. The molecule has 0 spiro atoms. The Hall–Kier alpha value is -1.88. The standard InChI is InChI=1S/C16H20FN3O/c1-21-14-7-4-5-12(15(14)17)11-20-10-3-2-6-13(20)16-18-8-9-19-16/h4-5,7-9,13H,2-3,6,10-11H2,1H3,(H,18,19)/t13-/m1/s1. The second-order valence-corrected chi connectivity index (χ2v) is 5.39. The third-order valence-corrected chi connectivity index (χ3v) is 4.09. The number of hydrogen-bond donors (Lipinski definition) is 1. The molecule has 0 radical (unpaired) electrons. The molecule has 1 aliphatic rings. The molecular weight excluding hydrogens is 269 g/mol. The fraction of sp³-hybridized carbons (Fsp3) is 0.438. The summed E-state index contributed by atoms with van der Waals surface area (Å²) in [6.45, 7) is 1.54. The highest BCUT2D eigenvalue weighted by atomic mass is 19.1. The molecule has 4 nitrogen and oxygen atoms in total. The highest BCUT2D eigenvalue weighted by molar-refractivity contribution is 5.31. The summed E-state index contributed by atoms with van der Waals surface area (Å²) in [6, 6.07) is 5.55. The van der Waals surface area contributed by atoms with Gasteiger partial charge in [-0.15, -0.1) is 0 Å². The van der Waals surface area contributed by atoms with Gasteiger partial charge in [-0.25, -0.2) is 9.37 Å². The fourth-order valence-corrected chi connectivity index (χ4v) is 3.00. The van der Waals surface area contributed by atoms with Crippen LogP contribution >= 0.6 is 0 Å². The molecule has 0 unspecified atom stereocenters. The molecule has 2 aromatic rings. The van der Waals surface area contributed by atoms with Crippen LogP contribution in [-0.4, -0.2) is 28.5 Å². The first-order valence-corrected chi connectivity index (χ1v) is 7.34. The Labute approximate surface area is 124 Å². The number of benzene rings is 1. The number of imidazole rings is 1. The van der Waals surface area contributed by atoms with E-state index in [1.54, 1.807) is 12.3 Å². The van der Waals surface area contributed by atoms with E-state index in [9.17, 15) is 4.39 Å². The molecule has 5 heteroatoms. The van der Waals surface area contributed by atoms with Crippen molar-refractivity contribution in [2.75, 3.05) is 13.7 Å². The van der Waals surface area contributed by atoms with Gasteiger partial charge in [0.2, 0.25) is 0 Å². The van der Waals surface area contributed by atoms with Crippen LogP contribution in [0.5, 0.6) is 5.75 Å². The molecule has 1 aliphatic heterocycles. The Morgan fingerprint density at radius 1 is 1.43 bits per heavy atom. The van der Waals surface area contributed by atoms with Gasteiger partial charge in [0.15, 0.2) is 11.6 Å². The lowest BCUT2D eigenvalue weighted by molar-refractivity contribution is 0.132. The van der Waals surface area contributed by atoms with Crippen molar-refractivity contribution in [1.82, 2.24) is 14.9 Å². The maximum absolute atomic E-state index is 14.3. The molecule has 0 aliphatic carbocycles. The maximum Gasteiger partial charge on any atom is 0.169 e. The van der Waals surface area contributed by atoms with Gasteiger partial charge < -0.3 is 9.72 Å². The minimum Gasteiger partial charge on any atom is -0.494 e. The van der Waals surface area contributed by atoms with Crippen molar-refractivity contribution in [3.05, 3.63) is 47.8 Å². The molecule has 0 bridgehead atoms. The second kappa shape index (κ2) is 6.26. The van der Waals surface area contributed by atoms with Crippen molar-refractivity contribution in [3.8, 4) is 5.75 Å². The van der Waals surface area contributed by atoms with E-state index in [-0.39, 0.29) is 11.9 Å². The molecule has 21 heavy (non-hydrogen) atoms. The summed E-state index contributed by atoms with van der Waals surface area (Å²) in [7, 11) is 1.49. The van der Waals surface area contributed by atoms with Crippen LogP contribution in [0.1, 0.15) is 36.7 Å². The molecule has 112 valence electrons. The van der Waals surface area contributed by atoms with Gasteiger partial charge in [-0.05, 0) is 25.5 Å². The molecule has 2 heterocycles. The van der Waals surface area contributed by atoms with Gasteiger partial charge in [0.1, 0.15) is 5.82 Å². The summed E-state index contributed by atoms with van der Waals surface area (Å²) in [4.78, 5) is 9.85. The van der Waals surface area contributed by atoms with Crippen molar-refractivity contribution in [2.24, 2.45) is 0 Å². The van der Waals surface area contributed by atoms with Crippen LogP contribution in [0.15, 0.2) is 30.6 Å². The van der Waals surface area contributed by atoms with Crippen LogP contribution in [0.4, 0.5) is 4.39 Å². The fourth-order valence-electron chi connectivity index (χ4n) is 3.00. The number of piperidine rings is 1. The highest BCUT2D eigenvalue weighted by Crippen LogP contribution is 2.31. The summed E-state index contributed by atoms with van der Waals surface area (Å²) in [5, 5.41) is 0. The van der Waals surface area contributed by atoms with Crippen LogP contribution in [0.2, 0.25) is 0 Å². The largest absolute Gasteiger partial charge is 0.494 e. The number of nitrogens with one attached hydrogen (secondary N) is 1. The molecule has 1 atom stereocenters. The quantitative estimate of drug-likeness (QED) is 0.939. The SMILES string of the molecule is COc1cccc(CN2CCCC[C@@H]2c2ncc[nH]2)c1F. The topological polar surface area (TPSA) is 41.1 Å². The van der Waals surface area contributed by atoms with E-state index in [1.165, 1.54) is 13.5 Å². The molecule has 0 saturated carbocycles. The number of aromatic nitrogens is 2. The first kappa shape index (κ1) is 14.1. The van der Waals surface area contributed by atoms with E-state index in [1.807, 2.05) is 18.3 Å². The van der Waals surface area contributed by atoms with Crippen molar-refractivity contribution in [2.45, 2.75) is 31.8 Å². The van der Waals surface area contributed by atoms with E-state index in [0.717, 1.165) is 25.2 Å². The smallest absolute Gasteiger partial charge is 0.169 e. The molecule has 1 saturated heterocycles. The average molecular weight is 289 g/mol. The van der Waals surface area contributed by atoms with E-state index < -0.39 is 0 Å². The average Bonchev–Trinajstić information content (AvgIpc) is 3.04. The summed E-state index contributed by atoms with van der Waals surface area (Å²) in [5.74, 6) is 1.01. The van der Waals surface area contributed by atoms with Crippen molar-refractivity contribution >= 4 is 0 Å². The Morgan fingerprint density at radius 3 is 3.10 bits per heavy atom. The van der Waals surface area contributed by atoms with E-state index >= 15 is 0 Å². The van der Waals surface area contributed by atoms with Gasteiger partial charge in [0.25, 0.3) is 0 Å². The lowest BCUT2D eigenvalue weighted by Gasteiger charge is -2.34. The van der Waals surface area contributed by atoms with E-state index in [0.29, 0.717) is 17.9 Å². The predicted octanol–water partition coefficient (Wildman–Crippen LogP) is 3.28. The zero-order valence-electron chi connectivity index (χ0n) is 12.2. The number of likely N-dealkylation sites (tertiary alicyclic amines) is 1. The van der Waals surface area contributed by atoms with Gasteiger partial charge >= 0.3 is 0 Å². The predicted molar refractivity (Wildman–Crippen MR) is 78.5 cm³/mol. The minimum absolute atomic E-state index is 0.236. The monoisotopic (exact) mass is 289 g/mol. The summed E-state index contributed by atoms with van der Waals surface area (Å²) in [5.41, 5.74) is 0.674. The molecule has 0 amide bonds. The Kier molecular flexibility index (Phi) is 4.20. The van der Waals surface area contributed by atoms with Crippen LogP contribution in [-0.2, 0) is 6.54 Å². The third-order valence-electron chi connectivity index (χ3n) is 4.09. The Morgan fingerprint density at radius 2 is 2.33 bits per heavy atom. The number of aromatic amines is 1. The Bertz CT molecular complexity index is 585. The molecule has 3 rings (SSSR count). The van der Waals surface area contributed by atoms with Gasteiger partial charge in [0, 0.05) is 24.5 Å². The van der Waals surface area contributed by atoms with E-state index in [4.69, 9.17) is 4.74 Å². The lowest BCUT2D eigenvalue weighted by atomic mass is 10.0. The van der Waals surface area contributed by atoms with Crippen molar-refractivity contribution < 1.29 is 9.13 Å². The van der Waals surface area contributed by atoms with Crippen LogP contribution in [0, 0.1) is 5.82 Å². The Balaban J connectivity index is 1.82. The minimum atomic E-state index is -0.260. The summed E-state index contributed by atoms with van der Waals surface area (Å²) < 4.78 is 19.4. The molecule has 1 fully saturated rings. The van der Waals surface area contributed by atoms with Gasteiger partial charge in [-0.1, -0.05) is 18.6 Å². The van der Waals surface area contributed by atoms with Crippen LogP contribution < -0.4 is 4.74 Å². The summed E-state index contributed by atoms with van der Waals surface area (Å²) in [6.07, 6.45) is 6.99. The normalized spacial score (nSPS) is 19.6. The number of hydrogen-bond acceptors (Lipinski definition) is 3. The second-order valence-electron chi connectivity index (χ2n) is 5.39. The molecule has 1 N–H and O–H groups in total. The number of nitrogens with zero attached hydrogens (tertiary/aromatic N) is 2. The molecule has 1 aromatic heterocycles. The van der Waals surface area contributed by atoms with E-state index in [2.05, 4.69) is 14.9 Å². The maximum atomic E-state index is 14.3.